The predicted molar refractivity (Wildman–Crippen MR) is 54.4 cm³/mol. The van der Waals surface area contributed by atoms with Crippen LogP contribution < -0.4 is 0 Å². The molecule has 0 bridgehead atoms. The van der Waals surface area contributed by atoms with Crippen LogP contribution in [0.5, 0.6) is 0 Å². The van der Waals surface area contributed by atoms with Gasteiger partial charge in [0.25, 0.3) is 0 Å². The van der Waals surface area contributed by atoms with E-state index in [0.29, 0.717) is 13.0 Å². The van der Waals surface area contributed by atoms with E-state index in [1.807, 2.05) is 20.8 Å². The summed E-state index contributed by atoms with van der Waals surface area (Å²) in [6, 6.07) is 0. The van der Waals surface area contributed by atoms with Crippen LogP contribution in [0.3, 0.4) is 0 Å². The Labute approximate surface area is 81.3 Å². The predicted octanol–water partition coefficient (Wildman–Crippen LogP) is 1.97. The van der Waals surface area contributed by atoms with Crippen LogP contribution in [0, 0.1) is 11.8 Å². The van der Waals surface area contributed by atoms with Gasteiger partial charge in [-0.3, -0.25) is 0 Å². The number of aliphatic hydroxyl groups is 1. The Bertz CT molecular complexity index is 190. The van der Waals surface area contributed by atoms with Crippen LogP contribution in [0.25, 0.3) is 0 Å². The highest BCUT2D eigenvalue weighted by Crippen LogP contribution is 2.21. The standard InChI is InChI=1S/C11H20O2/c1-5-8-9-10(12)11(4,6-2)13-7-3/h10,12H,6-7,9H2,1-4H3. The monoisotopic (exact) mass is 184 g/mol. The van der Waals surface area contributed by atoms with E-state index in [1.54, 1.807) is 6.92 Å². The van der Waals surface area contributed by atoms with Crippen molar-refractivity contribution in [1.82, 2.24) is 0 Å². The third-order valence-corrected chi connectivity index (χ3v) is 2.35. The summed E-state index contributed by atoms with van der Waals surface area (Å²) < 4.78 is 5.52. The highest BCUT2D eigenvalue weighted by atomic mass is 16.5. The molecule has 13 heavy (non-hydrogen) atoms. The Morgan fingerprint density at radius 3 is 2.46 bits per heavy atom. The molecule has 1 N–H and O–H groups in total. The van der Waals surface area contributed by atoms with Gasteiger partial charge in [-0.1, -0.05) is 6.92 Å². The maximum atomic E-state index is 9.80. The quantitative estimate of drug-likeness (QED) is 0.662. The maximum absolute atomic E-state index is 9.80. The molecule has 2 heteroatoms. The lowest BCUT2D eigenvalue weighted by molar-refractivity contribution is -0.108. The van der Waals surface area contributed by atoms with E-state index >= 15 is 0 Å². The van der Waals surface area contributed by atoms with E-state index in [1.165, 1.54) is 0 Å². The van der Waals surface area contributed by atoms with Gasteiger partial charge in [0.1, 0.15) is 0 Å². The zero-order valence-corrected chi connectivity index (χ0v) is 9.05. The first-order chi connectivity index (χ1) is 6.10. The Hall–Kier alpha value is -0.520. The zero-order valence-electron chi connectivity index (χ0n) is 9.05. The van der Waals surface area contributed by atoms with Crippen molar-refractivity contribution in [2.45, 2.75) is 52.2 Å². The molecule has 0 saturated heterocycles. The molecule has 2 nitrogen and oxygen atoms in total. The van der Waals surface area contributed by atoms with Crippen molar-refractivity contribution in [2.75, 3.05) is 6.61 Å². The molecule has 2 atom stereocenters. The topological polar surface area (TPSA) is 29.5 Å². The van der Waals surface area contributed by atoms with E-state index in [2.05, 4.69) is 11.8 Å². The summed E-state index contributed by atoms with van der Waals surface area (Å²) in [4.78, 5) is 0. The number of ether oxygens (including phenoxy) is 1. The maximum Gasteiger partial charge on any atom is 0.0935 e. The minimum Gasteiger partial charge on any atom is -0.389 e. The highest BCUT2D eigenvalue weighted by Gasteiger charge is 2.30. The average molecular weight is 184 g/mol. The number of hydrogen-bond acceptors (Lipinski definition) is 2. The molecular weight excluding hydrogens is 164 g/mol. The van der Waals surface area contributed by atoms with Gasteiger partial charge in [0, 0.05) is 13.0 Å². The fourth-order valence-electron chi connectivity index (χ4n) is 1.18. The molecule has 0 radical (unpaired) electrons. The van der Waals surface area contributed by atoms with Gasteiger partial charge in [-0.05, 0) is 27.2 Å². The van der Waals surface area contributed by atoms with Gasteiger partial charge in [-0.25, -0.2) is 0 Å². The zero-order chi connectivity index (χ0) is 10.3. The van der Waals surface area contributed by atoms with Gasteiger partial charge in [0.05, 0.1) is 11.7 Å². The SMILES string of the molecule is CC#CCC(O)C(C)(CC)OCC. The van der Waals surface area contributed by atoms with Crippen LogP contribution in [-0.2, 0) is 4.74 Å². The molecule has 76 valence electrons. The van der Waals surface area contributed by atoms with Gasteiger partial charge >= 0.3 is 0 Å². The van der Waals surface area contributed by atoms with E-state index < -0.39 is 11.7 Å². The van der Waals surface area contributed by atoms with Gasteiger partial charge in [-0.15, -0.1) is 11.8 Å². The summed E-state index contributed by atoms with van der Waals surface area (Å²) in [6.45, 7) is 8.28. The van der Waals surface area contributed by atoms with Gasteiger partial charge < -0.3 is 9.84 Å². The van der Waals surface area contributed by atoms with E-state index in [4.69, 9.17) is 4.74 Å². The van der Waals surface area contributed by atoms with E-state index in [9.17, 15) is 5.11 Å². The fourth-order valence-corrected chi connectivity index (χ4v) is 1.18. The number of aliphatic hydroxyl groups excluding tert-OH is 1. The van der Waals surface area contributed by atoms with Gasteiger partial charge in [0.2, 0.25) is 0 Å². The van der Waals surface area contributed by atoms with Crippen LogP contribution in [0.15, 0.2) is 0 Å². The molecule has 0 aromatic rings. The third kappa shape index (κ3) is 3.80. The molecule has 0 spiro atoms. The lowest BCUT2D eigenvalue weighted by Crippen LogP contribution is -2.41. The van der Waals surface area contributed by atoms with Crippen molar-refractivity contribution in [3.63, 3.8) is 0 Å². The molecular formula is C11H20O2. The van der Waals surface area contributed by atoms with E-state index in [-0.39, 0.29) is 0 Å². The molecule has 0 aromatic carbocycles. The van der Waals surface area contributed by atoms with Crippen molar-refractivity contribution >= 4 is 0 Å². The van der Waals surface area contributed by atoms with Crippen LogP contribution >= 0.6 is 0 Å². The minimum atomic E-state index is -0.495. The number of rotatable bonds is 5. The molecule has 0 fully saturated rings. The molecule has 0 aromatic heterocycles. The first-order valence-corrected chi connectivity index (χ1v) is 4.82. The fraction of sp³-hybridized carbons (Fsp3) is 0.818. The second kappa shape index (κ2) is 6.01. The van der Waals surface area contributed by atoms with E-state index in [0.717, 1.165) is 6.42 Å². The minimum absolute atomic E-state index is 0.446. The van der Waals surface area contributed by atoms with Crippen LogP contribution in [0.4, 0.5) is 0 Å². The largest absolute Gasteiger partial charge is 0.389 e. The first kappa shape index (κ1) is 12.5. The molecule has 0 aliphatic carbocycles. The van der Waals surface area contributed by atoms with Gasteiger partial charge in [0.15, 0.2) is 0 Å². The van der Waals surface area contributed by atoms with Crippen molar-refractivity contribution < 1.29 is 9.84 Å². The lowest BCUT2D eigenvalue weighted by atomic mass is 9.93. The molecule has 0 saturated carbocycles. The lowest BCUT2D eigenvalue weighted by Gasteiger charge is -2.32. The summed E-state index contributed by atoms with van der Waals surface area (Å²) in [7, 11) is 0. The van der Waals surface area contributed by atoms with Crippen molar-refractivity contribution in [3.8, 4) is 11.8 Å². The third-order valence-electron chi connectivity index (χ3n) is 2.35. The smallest absolute Gasteiger partial charge is 0.0935 e. The second-order valence-electron chi connectivity index (χ2n) is 3.25. The summed E-state index contributed by atoms with van der Waals surface area (Å²) in [5, 5.41) is 9.80. The molecule has 0 amide bonds. The van der Waals surface area contributed by atoms with Crippen molar-refractivity contribution in [1.29, 1.82) is 0 Å². The van der Waals surface area contributed by atoms with Crippen LogP contribution in [-0.4, -0.2) is 23.4 Å². The molecule has 0 rings (SSSR count). The molecule has 0 aliphatic rings. The Morgan fingerprint density at radius 1 is 1.46 bits per heavy atom. The molecule has 2 unspecified atom stereocenters. The van der Waals surface area contributed by atoms with Crippen LogP contribution in [0.1, 0.15) is 40.5 Å². The average Bonchev–Trinajstić information content (AvgIpc) is 2.14. The van der Waals surface area contributed by atoms with Crippen molar-refractivity contribution in [3.05, 3.63) is 0 Å². The Kier molecular flexibility index (Phi) is 5.77. The highest BCUT2D eigenvalue weighted by molar-refractivity contribution is 5.00. The van der Waals surface area contributed by atoms with Crippen LogP contribution in [0.2, 0.25) is 0 Å². The molecule has 0 aliphatic heterocycles. The Morgan fingerprint density at radius 2 is 2.08 bits per heavy atom. The Balaban J connectivity index is 4.24. The summed E-state index contributed by atoms with van der Waals surface area (Å²) >= 11 is 0. The molecule has 0 heterocycles. The van der Waals surface area contributed by atoms with Gasteiger partial charge in [-0.2, -0.15) is 0 Å². The first-order valence-electron chi connectivity index (χ1n) is 4.82. The summed E-state index contributed by atoms with van der Waals surface area (Å²) in [5.41, 5.74) is -0.446. The van der Waals surface area contributed by atoms with Crippen molar-refractivity contribution in [2.24, 2.45) is 0 Å². The second-order valence-corrected chi connectivity index (χ2v) is 3.25. The normalized spacial score (nSPS) is 17.0. The summed E-state index contributed by atoms with van der Waals surface area (Å²) in [6.07, 6.45) is 0.790. The summed E-state index contributed by atoms with van der Waals surface area (Å²) in [5.74, 6) is 5.64. The number of hydrogen-bond donors (Lipinski definition) is 1.